The van der Waals surface area contributed by atoms with E-state index in [0.717, 1.165) is 11.1 Å². The molecule has 0 aromatic heterocycles. The Kier molecular flexibility index (Phi) is 3.92. The number of benzene rings is 3. The molecule has 0 bridgehead atoms. The van der Waals surface area contributed by atoms with Crippen LogP contribution >= 0.6 is 0 Å². The molecule has 1 heteroatoms. The van der Waals surface area contributed by atoms with Gasteiger partial charge < -0.3 is 0 Å². The fourth-order valence-corrected chi connectivity index (χ4v) is 2.36. The lowest BCUT2D eigenvalue weighted by Gasteiger charge is -2.11. The zero-order valence-electron chi connectivity index (χ0n) is 11.5. The Balaban J connectivity index is 2.22. The first-order chi connectivity index (χ1) is 10.4. The minimum absolute atomic E-state index is 0.201. The molecule has 21 heavy (non-hydrogen) atoms. The van der Waals surface area contributed by atoms with Gasteiger partial charge in [-0.25, -0.2) is 4.39 Å². The van der Waals surface area contributed by atoms with Crippen molar-refractivity contribution >= 4 is 11.4 Å². The van der Waals surface area contributed by atoms with Crippen LogP contribution in [0.5, 0.6) is 0 Å². The fraction of sp³-hybridized carbons (Fsp3) is 0. The first kappa shape index (κ1) is 13.3. The summed E-state index contributed by atoms with van der Waals surface area (Å²) < 4.78 is 15.1. The van der Waals surface area contributed by atoms with Crippen molar-refractivity contribution in [3.05, 3.63) is 108 Å². The molecule has 0 fully saturated rings. The summed E-state index contributed by atoms with van der Waals surface area (Å²) in [6.07, 6.45) is 0. The lowest BCUT2D eigenvalue weighted by Crippen LogP contribution is -1.91. The largest absolute Gasteiger partial charge is 0.206 e. The second kappa shape index (κ2) is 6.19. The van der Waals surface area contributed by atoms with Crippen molar-refractivity contribution < 1.29 is 4.39 Å². The molecule has 0 spiro atoms. The monoisotopic (exact) mass is 273 g/mol. The third-order valence-electron chi connectivity index (χ3n) is 3.37. The maximum absolute atomic E-state index is 15.1. The molecular weight excluding hydrogens is 258 g/mol. The smallest absolute Gasteiger partial charge is 0.138 e. The highest BCUT2D eigenvalue weighted by atomic mass is 18.2. The van der Waals surface area contributed by atoms with Crippen LogP contribution in [-0.4, -0.2) is 0 Å². The van der Waals surface area contributed by atoms with E-state index in [0.29, 0.717) is 11.1 Å². The van der Waals surface area contributed by atoms with E-state index < -0.39 is 0 Å². The summed E-state index contributed by atoms with van der Waals surface area (Å²) in [4.78, 5) is 0. The summed E-state index contributed by atoms with van der Waals surface area (Å²) in [5, 5.41) is 0. The first-order valence-electron chi connectivity index (χ1n) is 6.92. The maximum Gasteiger partial charge on any atom is 0.138 e. The molecule has 0 aliphatic heterocycles. The molecule has 0 saturated heterocycles. The third kappa shape index (κ3) is 2.92. The van der Waals surface area contributed by atoms with Crippen LogP contribution in [0.25, 0.3) is 11.4 Å². The van der Waals surface area contributed by atoms with Crippen molar-refractivity contribution in [2.24, 2.45) is 0 Å². The molecule has 0 unspecified atom stereocenters. The number of hydrogen-bond acceptors (Lipinski definition) is 0. The van der Waals surface area contributed by atoms with Crippen molar-refractivity contribution in [2.75, 3.05) is 0 Å². The van der Waals surface area contributed by atoms with Crippen molar-refractivity contribution in [2.45, 2.75) is 0 Å². The van der Waals surface area contributed by atoms with Crippen LogP contribution in [0.15, 0.2) is 91.0 Å². The second-order valence-corrected chi connectivity index (χ2v) is 4.79. The van der Waals surface area contributed by atoms with Gasteiger partial charge in [0, 0.05) is 11.1 Å². The molecule has 0 aliphatic carbocycles. The highest BCUT2D eigenvalue weighted by molar-refractivity contribution is 5.95. The number of rotatable bonds is 3. The Hall–Kier alpha value is -2.67. The highest BCUT2D eigenvalue weighted by Crippen LogP contribution is 2.32. The van der Waals surface area contributed by atoms with Gasteiger partial charge in [-0.05, 0) is 11.1 Å². The van der Waals surface area contributed by atoms with Crippen molar-refractivity contribution in [3.8, 4) is 0 Å². The molecule has 3 rings (SSSR count). The molecule has 0 heterocycles. The number of halogens is 1. The summed E-state index contributed by atoms with van der Waals surface area (Å²) in [5.74, 6) is -0.201. The van der Waals surface area contributed by atoms with Gasteiger partial charge in [0.15, 0.2) is 0 Å². The quantitative estimate of drug-likeness (QED) is 0.547. The van der Waals surface area contributed by atoms with E-state index in [1.54, 1.807) is 12.1 Å². The molecule has 0 aliphatic rings. The Labute approximate surface area is 124 Å². The molecule has 0 amide bonds. The molecule has 3 aromatic carbocycles. The topological polar surface area (TPSA) is 0 Å². The van der Waals surface area contributed by atoms with Gasteiger partial charge in [-0.3, -0.25) is 0 Å². The van der Waals surface area contributed by atoms with E-state index in [-0.39, 0.29) is 5.83 Å². The van der Waals surface area contributed by atoms with Crippen LogP contribution < -0.4 is 0 Å². The average molecular weight is 273 g/mol. The Morgan fingerprint density at radius 1 is 0.476 bits per heavy atom. The van der Waals surface area contributed by atoms with Crippen LogP contribution in [0, 0.1) is 0 Å². The van der Waals surface area contributed by atoms with Crippen LogP contribution in [0.2, 0.25) is 0 Å². The van der Waals surface area contributed by atoms with Gasteiger partial charge in [-0.15, -0.1) is 0 Å². The van der Waals surface area contributed by atoms with E-state index in [1.165, 1.54) is 0 Å². The highest BCUT2D eigenvalue weighted by Gasteiger charge is 2.13. The minimum Gasteiger partial charge on any atom is -0.206 e. The zero-order chi connectivity index (χ0) is 14.5. The molecule has 0 N–H and O–H groups in total. The lowest BCUT2D eigenvalue weighted by molar-refractivity contribution is 0.762. The molecule has 0 radical (unpaired) electrons. The van der Waals surface area contributed by atoms with E-state index >= 15 is 4.39 Å². The molecule has 0 saturated carbocycles. The Morgan fingerprint density at radius 3 is 1.19 bits per heavy atom. The summed E-state index contributed by atoms with van der Waals surface area (Å²) in [5.41, 5.74) is 2.98. The SMILES string of the molecule is [18F]C(=C(c1ccccc1)c1ccccc1)c1ccccc1. The average Bonchev–Trinajstić information content (AvgIpc) is 2.58. The zero-order valence-corrected chi connectivity index (χ0v) is 11.5. The fourth-order valence-electron chi connectivity index (χ4n) is 2.36. The van der Waals surface area contributed by atoms with Crippen molar-refractivity contribution in [1.82, 2.24) is 0 Å². The predicted molar refractivity (Wildman–Crippen MR) is 86.4 cm³/mol. The van der Waals surface area contributed by atoms with Crippen LogP contribution in [0.1, 0.15) is 16.7 Å². The molecular formula is C20H15F. The van der Waals surface area contributed by atoms with Gasteiger partial charge in [0.25, 0.3) is 0 Å². The van der Waals surface area contributed by atoms with Gasteiger partial charge in [0.05, 0.1) is 0 Å². The van der Waals surface area contributed by atoms with Crippen LogP contribution in [-0.2, 0) is 0 Å². The third-order valence-corrected chi connectivity index (χ3v) is 3.37. The standard InChI is InChI=1S/C20H15F/c21-20(18-14-8-3-9-15-18)19(16-10-4-1-5-11-16)17-12-6-2-7-13-17/h1-15H/i21-1. The number of hydrogen-bond donors (Lipinski definition) is 0. The van der Waals surface area contributed by atoms with E-state index in [4.69, 9.17) is 0 Å². The van der Waals surface area contributed by atoms with Crippen LogP contribution in [0.3, 0.4) is 0 Å². The van der Waals surface area contributed by atoms with Gasteiger partial charge >= 0.3 is 0 Å². The second-order valence-electron chi connectivity index (χ2n) is 4.79. The molecule has 0 nitrogen and oxygen atoms in total. The Bertz CT molecular complexity index is 687. The summed E-state index contributed by atoms with van der Waals surface area (Å²) >= 11 is 0. The predicted octanol–water partition coefficient (Wildman–Crippen LogP) is 5.57. The van der Waals surface area contributed by atoms with Crippen molar-refractivity contribution in [1.29, 1.82) is 0 Å². The molecule has 3 aromatic rings. The summed E-state index contributed by atoms with van der Waals surface area (Å²) in [7, 11) is 0. The van der Waals surface area contributed by atoms with Gasteiger partial charge in [0.1, 0.15) is 5.83 Å². The van der Waals surface area contributed by atoms with E-state index in [9.17, 15) is 0 Å². The molecule has 102 valence electrons. The summed E-state index contributed by atoms with van der Waals surface area (Å²) in [6.45, 7) is 0. The van der Waals surface area contributed by atoms with Gasteiger partial charge in [-0.2, -0.15) is 0 Å². The maximum atomic E-state index is 15.1. The minimum atomic E-state index is -0.201. The Morgan fingerprint density at radius 2 is 0.810 bits per heavy atom. The van der Waals surface area contributed by atoms with Gasteiger partial charge in [-0.1, -0.05) is 91.0 Å². The van der Waals surface area contributed by atoms with E-state index in [2.05, 4.69) is 0 Å². The van der Waals surface area contributed by atoms with Crippen LogP contribution in [0.4, 0.5) is 4.39 Å². The first-order valence-corrected chi connectivity index (χ1v) is 6.92. The lowest BCUT2D eigenvalue weighted by atomic mass is 9.95. The molecule has 0 atom stereocenters. The van der Waals surface area contributed by atoms with Gasteiger partial charge in [0.2, 0.25) is 0 Å². The van der Waals surface area contributed by atoms with E-state index in [1.807, 2.05) is 78.9 Å². The normalized spacial score (nSPS) is 10.1. The summed E-state index contributed by atoms with van der Waals surface area (Å²) in [6, 6.07) is 28.5. The van der Waals surface area contributed by atoms with Crippen molar-refractivity contribution in [3.63, 3.8) is 0 Å².